The average molecular weight is 284 g/mol. The van der Waals surface area contributed by atoms with Gasteiger partial charge in [0.05, 0.1) is 7.11 Å². The molecule has 0 amide bonds. The summed E-state index contributed by atoms with van der Waals surface area (Å²) in [7, 11) is -1.13. The van der Waals surface area contributed by atoms with E-state index < -0.39 is 8.80 Å². The highest BCUT2D eigenvalue weighted by Gasteiger charge is 2.43. The smallest absolute Gasteiger partial charge is 0.496 e. The van der Waals surface area contributed by atoms with Crippen LogP contribution in [0.25, 0.3) is 0 Å². The van der Waals surface area contributed by atoms with Crippen LogP contribution in [0.2, 0.25) is 0 Å². The van der Waals surface area contributed by atoms with E-state index in [0.29, 0.717) is 19.8 Å². The third-order valence-electron chi connectivity index (χ3n) is 2.75. The van der Waals surface area contributed by atoms with Gasteiger partial charge in [0.1, 0.15) is 5.75 Å². The second kappa shape index (κ2) is 7.64. The van der Waals surface area contributed by atoms with Gasteiger partial charge in [-0.25, -0.2) is 0 Å². The minimum atomic E-state index is -2.79. The lowest BCUT2D eigenvalue weighted by Gasteiger charge is -2.29. The molecule has 19 heavy (non-hydrogen) atoms. The van der Waals surface area contributed by atoms with Gasteiger partial charge in [-0.3, -0.25) is 0 Å². The van der Waals surface area contributed by atoms with E-state index >= 15 is 0 Å². The van der Waals surface area contributed by atoms with Gasteiger partial charge in [-0.05, 0) is 45.4 Å². The predicted molar refractivity (Wildman–Crippen MR) is 78.0 cm³/mol. The molecule has 0 aliphatic heterocycles. The third-order valence-corrected chi connectivity index (χ3v) is 5.78. The van der Waals surface area contributed by atoms with Gasteiger partial charge in [0.25, 0.3) is 0 Å². The highest BCUT2D eigenvalue weighted by atomic mass is 28.4. The van der Waals surface area contributed by atoms with E-state index in [1.54, 1.807) is 7.11 Å². The summed E-state index contributed by atoms with van der Waals surface area (Å²) in [5.74, 6) is 0.858. The molecule has 0 saturated heterocycles. The predicted octanol–water partition coefficient (Wildman–Crippen LogP) is 2.26. The molecule has 4 nitrogen and oxygen atoms in total. The fraction of sp³-hybridized carbons (Fsp3) is 0.571. The highest BCUT2D eigenvalue weighted by Crippen LogP contribution is 2.18. The monoisotopic (exact) mass is 284 g/mol. The first-order valence-electron chi connectivity index (χ1n) is 6.70. The molecule has 1 aromatic carbocycles. The van der Waals surface area contributed by atoms with Crippen LogP contribution in [-0.2, 0) is 13.3 Å². The molecule has 0 saturated carbocycles. The van der Waals surface area contributed by atoms with Gasteiger partial charge in [0, 0.05) is 25.0 Å². The van der Waals surface area contributed by atoms with Crippen LogP contribution in [0, 0.1) is 6.92 Å². The van der Waals surface area contributed by atoms with Crippen molar-refractivity contribution in [2.24, 2.45) is 0 Å². The number of hydrogen-bond donors (Lipinski definition) is 0. The Morgan fingerprint density at radius 3 is 1.84 bits per heavy atom. The van der Waals surface area contributed by atoms with Gasteiger partial charge in [-0.2, -0.15) is 0 Å². The van der Waals surface area contributed by atoms with Crippen molar-refractivity contribution in [1.82, 2.24) is 0 Å². The number of aryl methyl sites for hydroxylation is 1. The van der Waals surface area contributed by atoms with Crippen LogP contribution in [0.15, 0.2) is 18.2 Å². The molecule has 0 radical (unpaired) electrons. The SMILES string of the molecule is CCO[Si](OCC)(OCC)c1ccc(OC)c(C)c1. The largest absolute Gasteiger partial charge is 0.537 e. The molecule has 0 aliphatic carbocycles. The molecule has 0 fully saturated rings. The molecule has 1 rings (SSSR count). The van der Waals surface area contributed by atoms with Crippen LogP contribution < -0.4 is 9.92 Å². The second-order valence-corrected chi connectivity index (χ2v) is 6.60. The molecule has 0 heterocycles. The first kappa shape index (κ1) is 16.2. The maximum absolute atomic E-state index is 5.88. The van der Waals surface area contributed by atoms with Crippen LogP contribution in [0.3, 0.4) is 0 Å². The Morgan fingerprint density at radius 2 is 1.47 bits per heavy atom. The lowest BCUT2D eigenvalue weighted by Crippen LogP contribution is -2.57. The standard InChI is InChI=1S/C14H24O4Si/c1-6-16-19(17-7-2,18-8-3)13-9-10-14(15-5)12(4)11-13/h9-11H,6-8H2,1-5H3. The van der Waals surface area contributed by atoms with Gasteiger partial charge < -0.3 is 18.0 Å². The summed E-state index contributed by atoms with van der Waals surface area (Å²) >= 11 is 0. The van der Waals surface area contributed by atoms with E-state index in [0.717, 1.165) is 16.5 Å². The molecule has 0 bridgehead atoms. The summed E-state index contributed by atoms with van der Waals surface area (Å²) in [6, 6.07) is 5.94. The Kier molecular flexibility index (Phi) is 6.51. The summed E-state index contributed by atoms with van der Waals surface area (Å²) < 4.78 is 22.9. The fourth-order valence-corrected chi connectivity index (χ4v) is 4.58. The Balaban J connectivity index is 3.18. The van der Waals surface area contributed by atoms with Crippen molar-refractivity contribution in [2.45, 2.75) is 27.7 Å². The van der Waals surface area contributed by atoms with Crippen molar-refractivity contribution < 1.29 is 18.0 Å². The number of hydrogen-bond acceptors (Lipinski definition) is 4. The van der Waals surface area contributed by atoms with E-state index in [1.807, 2.05) is 45.9 Å². The van der Waals surface area contributed by atoms with Gasteiger partial charge in [0.2, 0.25) is 0 Å². The summed E-state index contributed by atoms with van der Waals surface area (Å²) in [5, 5.41) is 0.983. The van der Waals surface area contributed by atoms with E-state index in [9.17, 15) is 0 Å². The van der Waals surface area contributed by atoms with Crippen LogP contribution >= 0.6 is 0 Å². The van der Waals surface area contributed by atoms with Crippen molar-refractivity contribution in [2.75, 3.05) is 26.9 Å². The Labute approximate surface area is 117 Å². The fourth-order valence-electron chi connectivity index (χ4n) is 2.01. The lowest BCUT2D eigenvalue weighted by atomic mass is 10.2. The molecule has 0 aliphatic rings. The molecule has 0 aromatic heterocycles. The number of rotatable bonds is 8. The number of methoxy groups -OCH3 is 1. The van der Waals surface area contributed by atoms with Gasteiger partial charge in [-0.1, -0.05) is 6.07 Å². The average Bonchev–Trinajstić information content (AvgIpc) is 2.39. The van der Waals surface area contributed by atoms with Gasteiger partial charge >= 0.3 is 8.80 Å². The molecular weight excluding hydrogens is 260 g/mol. The van der Waals surface area contributed by atoms with Crippen LogP contribution in [-0.4, -0.2) is 35.7 Å². The first-order chi connectivity index (χ1) is 9.13. The molecule has 0 N–H and O–H groups in total. The number of ether oxygens (including phenoxy) is 1. The summed E-state index contributed by atoms with van der Waals surface area (Å²) in [4.78, 5) is 0. The molecule has 0 spiro atoms. The maximum Gasteiger partial charge on any atom is 0.537 e. The van der Waals surface area contributed by atoms with Crippen molar-refractivity contribution in [3.8, 4) is 5.75 Å². The third kappa shape index (κ3) is 3.79. The topological polar surface area (TPSA) is 36.9 Å². The Morgan fingerprint density at radius 1 is 0.947 bits per heavy atom. The zero-order valence-corrected chi connectivity index (χ0v) is 13.5. The molecule has 5 heteroatoms. The van der Waals surface area contributed by atoms with Crippen molar-refractivity contribution >= 4 is 14.0 Å². The zero-order valence-electron chi connectivity index (χ0n) is 12.5. The van der Waals surface area contributed by atoms with Crippen LogP contribution in [0.5, 0.6) is 5.75 Å². The van der Waals surface area contributed by atoms with E-state index in [4.69, 9.17) is 18.0 Å². The van der Waals surface area contributed by atoms with Crippen LogP contribution in [0.1, 0.15) is 26.3 Å². The molecular formula is C14H24O4Si. The molecule has 0 atom stereocenters. The minimum absolute atomic E-state index is 0.567. The number of benzene rings is 1. The normalized spacial score (nSPS) is 11.6. The van der Waals surface area contributed by atoms with E-state index in [-0.39, 0.29) is 0 Å². The Bertz CT molecular complexity index is 378. The van der Waals surface area contributed by atoms with Gasteiger partial charge in [-0.15, -0.1) is 0 Å². The van der Waals surface area contributed by atoms with E-state index in [2.05, 4.69) is 0 Å². The first-order valence-corrected chi connectivity index (χ1v) is 8.42. The Hall–Kier alpha value is -0.883. The van der Waals surface area contributed by atoms with Crippen molar-refractivity contribution in [3.63, 3.8) is 0 Å². The van der Waals surface area contributed by atoms with Crippen LogP contribution in [0.4, 0.5) is 0 Å². The zero-order chi connectivity index (χ0) is 14.3. The lowest BCUT2D eigenvalue weighted by molar-refractivity contribution is 0.0859. The summed E-state index contributed by atoms with van der Waals surface area (Å²) in [6.07, 6.45) is 0. The molecule has 108 valence electrons. The van der Waals surface area contributed by atoms with E-state index in [1.165, 1.54) is 0 Å². The highest BCUT2D eigenvalue weighted by molar-refractivity contribution is 6.75. The molecule has 0 unspecified atom stereocenters. The summed E-state index contributed by atoms with van der Waals surface area (Å²) in [5.41, 5.74) is 1.05. The summed E-state index contributed by atoms with van der Waals surface area (Å²) in [6.45, 7) is 9.57. The quantitative estimate of drug-likeness (QED) is 0.686. The van der Waals surface area contributed by atoms with Crippen molar-refractivity contribution in [3.05, 3.63) is 23.8 Å². The second-order valence-electron chi connectivity index (χ2n) is 4.04. The maximum atomic E-state index is 5.88. The minimum Gasteiger partial charge on any atom is -0.496 e. The van der Waals surface area contributed by atoms with Crippen molar-refractivity contribution in [1.29, 1.82) is 0 Å². The van der Waals surface area contributed by atoms with Gasteiger partial charge in [0.15, 0.2) is 0 Å². The molecule has 1 aromatic rings.